The fourth-order valence-electron chi connectivity index (χ4n) is 1.82. The molecule has 0 aromatic rings. The highest BCUT2D eigenvalue weighted by molar-refractivity contribution is 5.86. The second kappa shape index (κ2) is 7.41. The van der Waals surface area contributed by atoms with Crippen LogP contribution in [0.4, 0.5) is 0 Å². The Morgan fingerprint density at radius 3 is 2.94 bits per heavy atom. The Labute approximate surface area is 96.7 Å². The summed E-state index contributed by atoms with van der Waals surface area (Å²) in [5.41, 5.74) is 0.427. The van der Waals surface area contributed by atoms with Gasteiger partial charge in [-0.1, -0.05) is 13.3 Å². The summed E-state index contributed by atoms with van der Waals surface area (Å²) in [7, 11) is 0. The molecule has 1 fully saturated rings. The van der Waals surface area contributed by atoms with Gasteiger partial charge in [0.1, 0.15) is 0 Å². The number of hydrogen-bond donors (Lipinski definition) is 2. The van der Waals surface area contributed by atoms with E-state index in [1.165, 1.54) is 12.8 Å². The first kappa shape index (κ1) is 13.2. The van der Waals surface area contributed by atoms with Gasteiger partial charge in [-0.05, 0) is 31.9 Å². The number of hydrogen-bond acceptors (Lipinski definition) is 3. The normalized spacial score (nSPS) is 22.1. The minimum absolute atomic E-state index is 0.396. The lowest BCUT2D eigenvalue weighted by Gasteiger charge is -2.22. The van der Waals surface area contributed by atoms with Gasteiger partial charge in [-0.3, -0.25) is 0 Å². The van der Waals surface area contributed by atoms with Crippen LogP contribution in [-0.2, 0) is 9.53 Å². The Balaban J connectivity index is 2.16. The molecular weight excluding hydrogens is 206 g/mol. The van der Waals surface area contributed by atoms with Crippen molar-refractivity contribution in [2.45, 2.75) is 38.6 Å². The molecular formula is C12H21NO3. The first-order chi connectivity index (χ1) is 7.74. The predicted octanol–water partition coefficient (Wildman–Crippen LogP) is 1.57. The molecule has 1 aliphatic rings. The Morgan fingerprint density at radius 2 is 2.38 bits per heavy atom. The van der Waals surface area contributed by atoms with Crippen molar-refractivity contribution in [1.29, 1.82) is 0 Å². The quantitative estimate of drug-likeness (QED) is 0.534. The third kappa shape index (κ3) is 4.77. The minimum Gasteiger partial charge on any atom is -0.478 e. The molecule has 1 saturated heterocycles. The molecule has 2 N–H and O–H groups in total. The van der Waals surface area contributed by atoms with E-state index in [1.54, 1.807) is 6.08 Å². The molecule has 92 valence electrons. The van der Waals surface area contributed by atoms with Crippen LogP contribution in [-0.4, -0.2) is 36.9 Å². The molecule has 0 aliphatic carbocycles. The summed E-state index contributed by atoms with van der Waals surface area (Å²) in [4.78, 5) is 10.7. The average Bonchev–Trinajstić information content (AvgIpc) is 2.30. The molecule has 1 aliphatic heterocycles. The molecule has 0 radical (unpaired) electrons. The second-order valence-electron chi connectivity index (χ2n) is 4.07. The Kier molecular flexibility index (Phi) is 6.11. The van der Waals surface area contributed by atoms with Gasteiger partial charge in [0.25, 0.3) is 0 Å². The zero-order chi connectivity index (χ0) is 11.8. The summed E-state index contributed by atoms with van der Waals surface area (Å²) in [6.07, 6.45) is 5.86. The summed E-state index contributed by atoms with van der Waals surface area (Å²) >= 11 is 0. The maximum Gasteiger partial charge on any atom is 0.331 e. The van der Waals surface area contributed by atoms with Crippen molar-refractivity contribution in [2.24, 2.45) is 0 Å². The Bertz CT molecular complexity index is 245. The lowest BCUT2D eigenvalue weighted by Crippen LogP contribution is -2.37. The summed E-state index contributed by atoms with van der Waals surface area (Å²) < 4.78 is 5.45. The fraction of sp³-hybridized carbons (Fsp3) is 0.750. The minimum atomic E-state index is -0.845. The van der Waals surface area contributed by atoms with Crippen molar-refractivity contribution in [3.8, 4) is 0 Å². The summed E-state index contributed by atoms with van der Waals surface area (Å²) in [5.74, 6) is -0.845. The topological polar surface area (TPSA) is 58.6 Å². The molecule has 1 atom stereocenters. The highest BCUT2D eigenvalue weighted by Gasteiger charge is 2.11. The van der Waals surface area contributed by atoms with Gasteiger partial charge in [0.05, 0.1) is 13.2 Å². The molecule has 4 nitrogen and oxygen atoms in total. The van der Waals surface area contributed by atoms with E-state index in [0.29, 0.717) is 31.2 Å². The second-order valence-corrected chi connectivity index (χ2v) is 4.07. The van der Waals surface area contributed by atoms with Crippen LogP contribution in [0.25, 0.3) is 0 Å². The van der Waals surface area contributed by atoms with E-state index in [4.69, 9.17) is 9.84 Å². The van der Waals surface area contributed by atoms with Gasteiger partial charge in [-0.15, -0.1) is 0 Å². The van der Waals surface area contributed by atoms with E-state index < -0.39 is 5.97 Å². The number of nitrogens with one attached hydrogen (secondary N) is 1. The molecule has 0 bridgehead atoms. The number of rotatable bonds is 6. The van der Waals surface area contributed by atoms with Crippen LogP contribution in [0, 0.1) is 0 Å². The van der Waals surface area contributed by atoms with Crippen LogP contribution in [0.5, 0.6) is 0 Å². The van der Waals surface area contributed by atoms with Gasteiger partial charge >= 0.3 is 5.97 Å². The zero-order valence-corrected chi connectivity index (χ0v) is 9.87. The third-order valence-corrected chi connectivity index (χ3v) is 2.83. The molecule has 16 heavy (non-hydrogen) atoms. The Hall–Kier alpha value is -0.870. The van der Waals surface area contributed by atoms with Gasteiger partial charge in [0.15, 0.2) is 0 Å². The first-order valence-corrected chi connectivity index (χ1v) is 5.97. The molecule has 0 spiro atoms. The standard InChI is InChI=1S/C12H21NO3/c1-2-10(12(14)15)6-8-16-9-11-5-3-4-7-13-11/h6,11,13H,2-5,7-9H2,1H3,(H,14,15). The highest BCUT2D eigenvalue weighted by Crippen LogP contribution is 2.07. The van der Waals surface area contributed by atoms with E-state index in [2.05, 4.69) is 5.32 Å². The van der Waals surface area contributed by atoms with E-state index in [0.717, 1.165) is 13.0 Å². The van der Waals surface area contributed by atoms with Crippen LogP contribution < -0.4 is 5.32 Å². The maximum atomic E-state index is 10.7. The summed E-state index contributed by atoms with van der Waals surface area (Å²) in [6.45, 7) is 3.97. The lowest BCUT2D eigenvalue weighted by atomic mass is 10.1. The van der Waals surface area contributed by atoms with E-state index in [1.807, 2.05) is 6.92 Å². The number of carbonyl (C=O) groups is 1. The number of carboxylic acid groups (broad SMARTS) is 1. The van der Waals surface area contributed by atoms with Crippen LogP contribution in [0.2, 0.25) is 0 Å². The van der Waals surface area contributed by atoms with Crippen molar-refractivity contribution >= 4 is 5.97 Å². The van der Waals surface area contributed by atoms with E-state index in [-0.39, 0.29) is 0 Å². The van der Waals surface area contributed by atoms with Crippen LogP contribution in [0.3, 0.4) is 0 Å². The van der Waals surface area contributed by atoms with Gasteiger partial charge in [-0.2, -0.15) is 0 Å². The predicted molar refractivity (Wildman–Crippen MR) is 62.5 cm³/mol. The molecule has 1 unspecified atom stereocenters. The molecule has 4 heteroatoms. The maximum absolute atomic E-state index is 10.7. The lowest BCUT2D eigenvalue weighted by molar-refractivity contribution is -0.132. The number of ether oxygens (including phenoxy) is 1. The number of aliphatic carboxylic acids is 1. The molecule has 0 aromatic heterocycles. The van der Waals surface area contributed by atoms with Crippen molar-refractivity contribution in [1.82, 2.24) is 5.32 Å². The van der Waals surface area contributed by atoms with Gasteiger partial charge in [-0.25, -0.2) is 4.79 Å². The first-order valence-electron chi connectivity index (χ1n) is 5.97. The van der Waals surface area contributed by atoms with Crippen LogP contribution >= 0.6 is 0 Å². The summed E-state index contributed by atoms with van der Waals surface area (Å²) in [6, 6.07) is 0.442. The third-order valence-electron chi connectivity index (χ3n) is 2.83. The van der Waals surface area contributed by atoms with Crippen molar-refractivity contribution in [2.75, 3.05) is 19.8 Å². The number of carboxylic acids is 1. The van der Waals surface area contributed by atoms with Gasteiger partial charge in [0, 0.05) is 11.6 Å². The van der Waals surface area contributed by atoms with Crippen molar-refractivity contribution in [3.63, 3.8) is 0 Å². The SMILES string of the molecule is CCC(=CCOCC1CCCCN1)C(=O)O. The average molecular weight is 227 g/mol. The van der Waals surface area contributed by atoms with Crippen molar-refractivity contribution in [3.05, 3.63) is 11.6 Å². The molecule has 0 aromatic carbocycles. The Morgan fingerprint density at radius 1 is 1.56 bits per heavy atom. The zero-order valence-electron chi connectivity index (χ0n) is 9.87. The highest BCUT2D eigenvalue weighted by atomic mass is 16.5. The molecule has 1 heterocycles. The van der Waals surface area contributed by atoms with E-state index in [9.17, 15) is 4.79 Å². The van der Waals surface area contributed by atoms with Crippen LogP contribution in [0.15, 0.2) is 11.6 Å². The van der Waals surface area contributed by atoms with Crippen molar-refractivity contribution < 1.29 is 14.6 Å². The molecule has 0 amide bonds. The van der Waals surface area contributed by atoms with Gasteiger partial charge in [0.2, 0.25) is 0 Å². The summed E-state index contributed by atoms with van der Waals surface area (Å²) in [5, 5.41) is 12.2. The van der Waals surface area contributed by atoms with Crippen LogP contribution in [0.1, 0.15) is 32.6 Å². The van der Waals surface area contributed by atoms with E-state index >= 15 is 0 Å². The monoisotopic (exact) mass is 227 g/mol. The fourth-order valence-corrected chi connectivity index (χ4v) is 1.82. The molecule has 0 saturated carbocycles. The number of piperidine rings is 1. The molecule has 1 rings (SSSR count). The van der Waals surface area contributed by atoms with Gasteiger partial charge < -0.3 is 15.2 Å². The smallest absolute Gasteiger partial charge is 0.331 e. The largest absolute Gasteiger partial charge is 0.478 e.